The Bertz CT molecular complexity index is 766. The Morgan fingerprint density at radius 1 is 1.32 bits per heavy atom. The van der Waals surface area contributed by atoms with Crippen molar-refractivity contribution < 1.29 is 24.0 Å². The van der Waals surface area contributed by atoms with Crippen molar-refractivity contribution in [2.24, 2.45) is 5.92 Å². The van der Waals surface area contributed by atoms with E-state index in [9.17, 15) is 24.5 Å². The number of nitro benzene ring substituents is 1. The van der Waals surface area contributed by atoms with Crippen molar-refractivity contribution >= 4 is 29.2 Å². The predicted molar refractivity (Wildman–Crippen MR) is 101 cm³/mol. The van der Waals surface area contributed by atoms with Gasteiger partial charge < -0.3 is 20.3 Å². The van der Waals surface area contributed by atoms with Gasteiger partial charge in [-0.2, -0.15) is 0 Å². The number of ether oxygens (including phenoxy) is 1. The van der Waals surface area contributed by atoms with Gasteiger partial charge in [-0.05, 0) is 30.9 Å². The summed E-state index contributed by atoms with van der Waals surface area (Å²) in [6, 6.07) is 4.16. The van der Waals surface area contributed by atoms with Crippen LogP contribution in [0, 0.1) is 16.0 Å². The third-order valence-electron chi connectivity index (χ3n) is 4.46. The molecule has 1 fully saturated rings. The number of nitrogens with one attached hydrogen (secondary N) is 2. The third kappa shape index (κ3) is 5.66. The standard InChI is InChI=1S/C18H24N4O6/c1-12-4-3-7-21(10-12)14-6-5-13(8-15(14)22(26)27)18(25)28-11-17(24)20-9-16(23)19-2/h5-6,8,12H,3-4,7,9-11H2,1-2H3,(H,19,23)(H,20,24)/t12-/m0/s1. The first-order valence-corrected chi connectivity index (χ1v) is 8.99. The number of likely N-dealkylation sites (N-methyl/N-ethyl adjacent to an activating group) is 1. The van der Waals surface area contributed by atoms with Crippen LogP contribution in [-0.2, 0) is 14.3 Å². The van der Waals surface area contributed by atoms with Crippen LogP contribution in [0.5, 0.6) is 0 Å². The number of hydrogen-bond donors (Lipinski definition) is 2. The average molecular weight is 392 g/mol. The molecule has 0 aliphatic carbocycles. The molecule has 2 amide bonds. The van der Waals surface area contributed by atoms with E-state index in [1.54, 1.807) is 6.07 Å². The first-order valence-electron chi connectivity index (χ1n) is 8.99. The molecule has 152 valence electrons. The van der Waals surface area contributed by atoms with E-state index in [0.29, 0.717) is 11.6 Å². The number of rotatable bonds is 7. The van der Waals surface area contributed by atoms with Gasteiger partial charge in [0, 0.05) is 26.2 Å². The van der Waals surface area contributed by atoms with Crippen LogP contribution in [-0.4, -0.2) is 56.0 Å². The van der Waals surface area contributed by atoms with Crippen molar-refractivity contribution in [2.45, 2.75) is 19.8 Å². The van der Waals surface area contributed by atoms with Crippen LogP contribution in [0.1, 0.15) is 30.1 Å². The summed E-state index contributed by atoms with van der Waals surface area (Å²) in [7, 11) is 1.43. The molecule has 1 aromatic carbocycles. The van der Waals surface area contributed by atoms with Gasteiger partial charge in [-0.25, -0.2) is 4.79 Å². The zero-order chi connectivity index (χ0) is 20.7. The van der Waals surface area contributed by atoms with Crippen molar-refractivity contribution in [3.05, 3.63) is 33.9 Å². The number of benzene rings is 1. The summed E-state index contributed by atoms with van der Waals surface area (Å²) in [4.78, 5) is 47.7. The third-order valence-corrected chi connectivity index (χ3v) is 4.46. The van der Waals surface area contributed by atoms with Crippen molar-refractivity contribution in [2.75, 3.05) is 38.2 Å². The number of esters is 1. The molecule has 2 N–H and O–H groups in total. The molecule has 0 aromatic heterocycles. The van der Waals surface area contributed by atoms with E-state index in [4.69, 9.17) is 4.74 Å². The summed E-state index contributed by atoms with van der Waals surface area (Å²) >= 11 is 0. The molecule has 0 unspecified atom stereocenters. The first-order chi connectivity index (χ1) is 13.3. The maximum absolute atomic E-state index is 12.1. The molecule has 1 aliphatic rings. The van der Waals surface area contributed by atoms with Gasteiger partial charge in [0.05, 0.1) is 17.0 Å². The molecule has 0 spiro atoms. The largest absolute Gasteiger partial charge is 0.452 e. The van der Waals surface area contributed by atoms with Crippen LogP contribution >= 0.6 is 0 Å². The average Bonchev–Trinajstić information content (AvgIpc) is 2.69. The summed E-state index contributed by atoms with van der Waals surface area (Å²) in [5.74, 6) is -1.45. The zero-order valence-electron chi connectivity index (χ0n) is 15.9. The minimum Gasteiger partial charge on any atom is -0.452 e. The molecule has 1 aromatic rings. The molecule has 1 aliphatic heterocycles. The highest BCUT2D eigenvalue weighted by Crippen LogP contribution is 2.32. The Morgan fingerprint density at radius 2 is 2.07 bits per heavy atom. The van der Waals surface area contributed by atoms with E-state index >= 15 is 0 Å². The van der Waals surface area contributed by atoms with Gasteiger partial charge in [-0.1, -0.05) is 6.92 Å². The second kappa shape index (κ2) is 9.67. The van der Waals surface area contributed by atoms with Crippen molar-refractivity contribution in [1.82, 2.24) is 10.6 Å². The van der Waals surface area contributed by atoms with E-state index in [1.165, 1.54) is 19.2 Å². The number of nitrogens with zero attached hydrogens (tertiary/aromatic N) is 2. The number of carbonyl (C=O) groups is 3. The Hall–Kier alpha value is -3.17. The van der Waals surface area contributed by atoms with Gasteiger partial charge >= 0.3 is 5.97 Å². The number of anilines is 1. The highest BCUT2D eigenvalue weighted by molar-refractivity contribution is 5.93. The molecule has 10 heteroatoms. The van der Waals surface area contributed by atoms with E-state index in [0.717, 1.165) is 25.9 Å². The smallest absolute Gasteiger partial charge is 0.338 e. The van der Waals surface area contributed by atoms with E-state index in [-0.39, 0.29) is 17.8 Å². The molecular weight excluding hydrogens is 368 g/mol. The highest BCUT2D eigenvalue weighted by atomic mass is 16.6. The Morgan fingerprint density at radius 3 is 2.71 bits per heavy atom. The Kier molecular flexibility index (Phi) is 7.30. The monoisotopic (exact) mass is 392 g/mol. The zero-order valence-corrected chi connectivity index (χ0v) is 15.9. The van der Waals surface area contributed by atoms with E-state index in [2.05, 4.69) is 17.6 Å². The van der Waals surface area contributed by atoms with Gasteiger partial charge in [0.15, 0.2) is 6.61 Å². The molecular formula is C18H24N4O6. The molecule has 0 saturated carbocycles. The first kappa shape index (κ1) is 21.1. The molecule has 0 radical (unpaired) electrons. The number of piperidine rings is 1. The van der Waals surface area contributed by atoms with Crippen molar-refractivity contribution in [3.63, 3.8) is 0 Å². The lowest BCUT2D eigenvalue weighted by atomic mass is 9.99. The number of hydrogen-bond acceptors (Lipinski definition) is 7. The van der Waals surface area contributed by atoms with E-state index in [1.807, 2.05) is 4.90 Å². The summed E-state index contributed by atoms with van der Waals surface area (Å²) in [5.41, 5.74) is 0.281. The second-order valence-electron chi connectivity index (χ2n) is 6.68. The van der Waals surface area contributed by atoms with Gasteiger partial charge in [0.2, 0.25) is 5.91 Å². The summed E-state index contributed by atoms with van der Waals surface area (Å²) in [6.45, 7) is 2.71. The van der Waals surface area contributed by atoms with Crippen LogP contribution in [0.3, 0.4) is 0 Å². The van der Waals surface area contributed by atoms with Crippen LogP contribution in [0.2, 0.25) is 0 Å². The van der Waals surface area contributed by atoms with Crippen LogP contribution in [0.25, 0.3) is 0 Å². The fourth-order valence-corrected chi connectivity index (χ4v) is 3.00. The molecule has 1 saturated heterocycles. The van der Waals surface area contributed by atoms with Crippen LogP contribution in [0.4, 0.5) is 11.4 Å². The second-order valence-corrected chi connectivity index (χ2v) is 6.68. The summed E-state index contributed by atoms with van der Waals surface area (Å²) in [6.07, 6.45) is 2.03. The highest BCUT2D eigenvalue weighted by Gasteiger charge is 2.25. The SMILES string of the molecule is CNC(=O)CNC(=O)COC(=O)c1ccc(N2CCC[C@H](C)C2)c([N+](=O)[O-])c1. The van der Waals surface area contributed by atoms with Gasteiger partial charge in [-0.15, -0.1) is 0 Å². The quantitative estimate of drug-likeness (QED) is 0.399. The molecule has 0 bridgehead atoms. The lowest BCUT2D eigenvalue weighted by Crippen LogP contribution is -2.37. The molecule has 1 atom stereocenters. The minimum atomic E-state index is -0.850. The lowest BCUT2D eigenvalue weighted by Gasteiger charge is -2.32. The lowest BCUT2D eigenvalue weighted by molar-refractivity contribution is -0.384. The molecule has 28 heavy (non-hydrogen) atoms. The number of amides is 2. The van der Waals surface area contributed by atoms with Crippen LogP contribution < -0.4 is 15.5 Å². The number of nitro groups is 1. The predicted octanol–water partition coefficient (Wildman–Crippen LogP) is 0.850. The van der Waals surface area contributed by atoms with Gasteiger partial charge in [0.1, 0.15) is 5.69 Å². The van der Waals surface area contributed by atoms with Crippen molar-refractivity contribution in [3.8, 4) is 0 Å². The maximum Gasteiger partial charge on any atom is 0.338 e. The van der Waals surface area contributed by atoms with Crippen molar-refractivity contribution in [1.29, 1.82) is 0 Å². The van der Waals surface area contributed by atoms with Crippen LogP contribution in [0.15, 0.2) is 18.2 Å². The molecule has 10 nitrogen and oxygen atoms in total. The minimum absolute atomic E-state index is 0.0143. The normalized spacial score (nSPS) is 16.2. The maximum atomic E-state index is 12.1. The number of carbonyl (C=O) groups excluding carboxylic acids is 3. The Labute approximate surface area is 162 Å². The summed E-state index contributed by atoms with van der Waals surface area (Å²) < 4.78 is 4.87. The fourth-order valence-electron chi connectivity index (χ4n) is 3.00. The molecule has 1 heterocycles. The van der Waals surface area contributed by atoms with Gasteiger partial charge in [-0.3, -0.25) is 19.7 Å². The summed E-state index contributed by atoms with van der Waals surface area (Å²) in [5, 5.41) is 16.1. The fraction of sp³-hybridized carbons (Fsp3) is 0.500. The molecule has 2 rings (SSSR count). The van der Waals surface area contributed by atoms with Gasteiger partial charge in [0.25, 0.3) is 11.6 Å². The Balaban J connectivity index is 2.04. The van der Waals surface area contributed by atoms with E-state index < -0.39 is 29.3 Å². The topological polar surface area (TPSA) is 131 Å².